The third-order valence-corrected chi connectivity index (χ3v) is 3.93. The first-order chi connectivity index (χ1) is 8.66. The van der Waals surface area contributed by atoms with Crippen molar-refractivity contribution in [3.8, 4) is 0 Å². The van der Waals surface area contributed by atoms with E-state index in [1.807, 2.05) is 12.3 Å². The molecule has 0 aromatic carbocycles. The Kier molecular flexibility index (Phi) is 4.04. The molecule has 4 heteroatoms. The van der Waals surface area contributed by atoms with Gasteiger partial charge in [0, 0.05) is 19.3 Å². The third kappa shape index (κ3) is 3.12. The zero-order chi connectivity index (χ0) is 13.0. The van der Waals surface area contributed by atoms with Crippen LogP contribution in [0.1, 0.15) is 40.0 Å². The zero-order valence-corrected chi connectivity index (χ0v) is 11.7. The molecule has 1 aliphatic rings. The summed E-state index contributed by atoms with van der Waals surface area (Å²) in [6.07, 6.45) is 5.56. The van der Waals surface area contributed by atoms with Crippen molar-refractivity contribution in [1.29, 1.82) is 0 Å². The van der Waals surface area contributed by atoms with Crippen LogP contribution < -0.4 is 10.6 Å². The molecule has 0 spiro atoms. The van der Waals surface area contributed by atoms with E-state index in [9.17, 15) is 0 Å². The van der Waals surface area contributed by atoms with E-state index >= 15 is 0 Å². The van der Waals surface area contributed by atoms with Crippen molar-refractivity contribution in [3.05, 3.63) is 12.3 Å². The lowest BCUT2D eigenvalue weighted by Gasteiger charge is -2.20. The molecular formula is C14H24N4. The highest BCUT2D eigenvalue weighted by Gasteiger charge is 2.44. The van der Waals surface area contributed by atoms with Crippen LogP contribution >= 0.6 is 0 Å². The van der Waals surface area contributed by atoms with Gasteiger partial charge in [-0.2, -0.15) is 4.98 Å². The second kappa shape index (κ2) is 5.55. The van der Waals surface area contributed by atoms with Gasteiger partial charge in [-0.3, -0.25) is 0 Å². The molecule has 0 unspecified atom stereocenters. The van der Waals surface area contributed by atoms with Gasteiger partial charge in [0.1, 0.15) is 5.82 Å². The number of hydrogen-bond donors (Lipinski definition) is 2. The largest absolute Gasteiger partial charge is 0.369 e. The van der Waals surface area contributed by atoms with E-state index in [1.165, 1.54) is 12.8 Å². The number of rotatable bonds is 7. The van der Waals surface area contributed by atoms with Crippen molar-refractivity contribution < 1.29 is 0 Å². The summed E-state index contributed by atoms with van der Waals surface area (Å²) in [6, 6.07) is 1.94. The Labute approximate surface area is 110 Å². The van der Waals surface area contributed by atoms with E-state index in [1.54, 1.807) is 0 Å². The highest BCUT2D eigenvalue weighted by molar-refractivity contribution is 5.40. The Bertz CT molecular complexity index is 385. The normalized spacial score (nSPS) is 16.7. The van der Waals surface area contributed by atoms with Crippen LogP contribution in [0.4, 0.5) is 11.8 Å². The summed E-state index contributed by atoms with van der Waals surface area (Å²) in [5, 5.41) is 6.66. The van der Waals surface area contributed by atoms with Crippen molar-refractivity contribution >= 4 is 11.8 Å². The lowest BCUT2D eigenvalue weighted by Crippen LogP contribution is -2.21. The number of nitrogens with one attached hydrogen (secondary N) is 2. The van der Waals surface area contributed by atoms with Gasteiger partial charge in [0.15, 0.2) is 0 Å². The van der Waals surface area contributed by atoms with E-state index in [2.05, 4.69) is 41.4 Å². The zero-order valence-electron chi connectivity index (χ0n) is 11.7. The summed E-state index contributed by atoms with van der Waals surface area (Å²) >= 11 is 0. The number of aromatic nitrogens is 2. The molecule has 0 saturated heterocycles. The molecule has 1 saturated carbocycles. The Morgan fingerprint density at radius 3 is 2.72 bits per heavy atom. The quantitative estimate of drug-likeness (QED) is 0.778. The van der Waals surface area contributed by atoms with Gasteiger partial charge in [-0.1, -0.05) is 20.8 Å². The summed E-state index contributed by atoms with van der Waals surface area (Å²) in [5.74, 6) is 2.39. The molecule has 1 aromatic rings. The maximum absolute atomic E-state index is 4.47. The summed E-state index contributed by atoms with van der Waals surface area (Å²) < 4.78 is 0. The maximum atomic E-state index is 4.47. The third-order valence-electron chi connectivity index (χ3n) is 3.93. The van der Waals surface area contributed by atoms with Gasteiger partial charge in [0.2, 0.25) is 5.95 Å². The van der Waals surface area contributed by atoms with Crippen molar-refractivity contribution in [3.63, 3.8) is 0 Å². The standard InChI is InChI=1S/C14H24N4/c1-4-8-15-13-16-9-5-12(18-13)17-10-14(6-7-14)11(2)3/h5,9,11H,4,6-8,10H2,1-3H3,(H2,15,16,17,18). The van der Waals surface area contributed by atoms with Crippen LogP contribution in [0.25, 0.3) is 0 Å². The first kappa shape index (κ1) is 13.1. The molecule has 1 aromatic heterocycles. The van der Waals surface area contributed by atoms with Crippen molar-refractivity contribution in [1.82, 2.24) is 9.97 Å². The number of hydrogen-bond acceptors (Lipinski definition) is 4. The molecule has 4 nitrogen and oxygen atoms in total. The molecule has 0 bridgehead atoms. The predicted molar refractivity (Wildman–Crippen MR) is 75.8 cm³/mol. The average Bonchev–Trinajstić information content (AvgIpc) is 3.16. The van der Waals surface area contributed by atoms with Crippen LogP contribution in [0.5, 0.6) is 0 Å². The SMILES string of the molecule is CCCNc1nccc(NCC2(C(C)C)CC2)n1. The van der Waals surface area contributed by atoms with Crippen molar-refractivity contribution in [2.75, 3.05) is 23.7 Å². The highest BCUT2D eigenvalue weighted by Crippen LogP contribution is 2.51. The summed E-state index contributed by atoms with van der Waals surface area (Å²) in [6.45, 7) is 8.69. The average molecular weight is 248 g/mol. The first-order valence-electron chi connectivity index (χ1n) is 6.97. The van der Waals surface area contributed by atoms with Crippen LogP contribution in [0, 0.1) is 11.3 Å². The smallest absolute Gasteiger partial charge is 0.224 e. The monoisotopic (exact) mass is 248 g/mol. The fourth-order valence-corrected chi connectivity index (χ4v) is 2.16. The lowest BCUT2D eigenvalue weighted by molar-refractivity contribution is 0.380. The molecule has 18 heavy (non-hydrogen) atoms. The summed E-state index contributed by atoms with van der Waals surface area (Å²) in [4.78, 5) is 8.68. The molecule has 0 radical (unpaired) electrons. The van der Waals surface area contributed by atoms with E-state index in [0.29, 0.717) is 5.41 Å². The number of anilines is 2. The van der Waals surface area contributed by atoms with Crippen molar-refractivity contribution in [2.45, 2.75) is 40.0 Å². The van der Waals surface area contributed by atoms with Crippen LogP contribution in [0.3, 0.4) is 0 Å². The van der Waals surface area contributed by atoms with Crippen LogP contribution in [-0.4, -0.2) is 23.1 Å². The van der Waals surface area contributed by atoms with Gasteiger partial charge >= 0.3 is 0 Å². The van der Waals surface area contributed by atoms with Gasteiger partial charge in [-0.25, -0.2) is 4.98 Å². The van der Waals surface area contributed by atoms with E-state index in [0.717, 1.165) is 37.2 Å². The summed E-state index contributed by atoms with van der Waals surface area (Å²) in [7, 11) is 0. The lowest BCUT2D eigenvalue weighted by atomic mass is 9.92. The van der Waals surface area contributed by atoms with E-state index < -0.39 is 0 Å². The first-order valence-corrected chi connectivity index (χ1v) is 6.97. The minimum absolute atomic E-state index is 0.502. The molecule has 1 heterocycles. The molecule has 0 amide bonds. The maximum Gasteiger partial charge on any atom is 0.224 e. The van der Waals surface area contributed by atoms with Crippen LogP contribution in [0.15, 0.2) is 12.3 Å². The Balaban J connectivity index is 1.89. The molecule has 2 N–H and O–H groups in total. The van der Waals surface area contributed by atoms with Gasteiger partial charge in [-0.05, 0) is 36.7 Å². The Morgan fingerprint density at radius 2 is 2.11 bits per heavy atom. The predicted octanol–water partition coefficient (Wildman–Crippen LogP) is 3.15. The molecule has 1 aliphatic carbocycles. The van der Waals surface area contributed by atoms with Gasteiger partial charge < -0.3 is 10.6 Å². The second-order valence-electron chi connectivity index (χ2n) is 5.56. The Morgan fingerprint density at radius 1 is 1.33 bits per heavy atom. The van der Waals surface area contributed by atoms with Crippen LogP contribution in [0.2, 0.25) is 0 Å². The molecule has 0 aliphatic heterocycles. The molecule has 1 fully saturated rings. The molecule has 0 atom stereocenters. The second-order valence-corrected chi connectivity index (χ2v) is 5.56. The van der Waals surface area contributed by atoms with E-state index in [-0.39, 0.29) is 0 Å². The molecule has 100 valence electrons. The van der Waals surface area contributed by atoms with Crippen molar-refractivity contribution in [2.24, 2.45) is 11.3 Å². The fourth-order valence-electron chi connectivity index (χ4n) is 2.16. The number of nitrogens with zero attached hydrogens (tertiary/aromatic N) is 2. The minimum Gasteiger partial charge on any atom is -0.369 e. The minimum atomic E-state index is 0.502. The van der Waals surface area contributed by atoms with Gasteiger partial charge in [0.25, 0.3) is 0 Å². The van der Waals surface area contributed by atoms with E-state index in [4.69, 9.17) is 0 Å². The molecular weight excluding hydrogens is 224 g/mol. The highest BCUT2D eigenvalue weighted by atomic mass is 15.1. The Hall–Kier alpha value is -1.32. The van der Waals surface area contributed by atoms with Gasteiger partial charge in [0.05, 0.1) is 0 Å². The molecule has 2 rings (SSSR count). The topological polar surface area (TPSA) is 49.8 Å². The van der Waals surface area contributed by atoms with Gasteiger partial charge in [-0.15, -0.1) is 0 Å². The summed E-state index contributed by atoms with van der Waals surface area (Å²) in [5.41, 5.74) is 0.502. The fraction of sp³-hybridized carbons (Fsp3) is 0.714. The van der Waals surface area contributed by atoms with Crippen LogP contribution in [-0.2, 0) is 0 Å².